The molecule has 0 radical (unpaired) electrons. The minimum absolute atomic E-state index is 0.235. The van der Waals surface area contributed by atoms with Crippen molar-refractivity contribution < 1.29 is 9.26 Å². The first kappa shape index (κ1) is 12.9. The van der Waals surface area contributed by atoms with Gasteiger partial charge in [0.2, 0.25) is 0 Å². The van der Waals surface area contributed by atoms with Crippen molar-refractivity contribution in [2.75, 3.05) is 12.3 Å². The molecular formula is C15H17N3O2. The van der Waals surface area contributed by atoms with Crippen LogP contribution in [0.25, 0.3) is 12.2 Å². The molecule has 0 spiro atoms. The number of aromatic nitrogens is 2. The van der Waals surface area contributed by atoms with E-state index >= 15 is 0 Å². The number of rotatable bonds is 4. The van der Waals surface area contributed by atoms with Crippen LogP contribution < -0.4 is 5.73 Å². The van der Waals surface area contributed by atoms with Gasteiger partial charge in [-0.25, -0.2) is 0 Å². The Balaban J connectivity index is 1.64. The molecule has 0 amide bonds. The molecule has 5 nitrogen and oxygen atoms in total. The van der Waals surface area contributed by atoms with E-state index in [1.165, 1.54) is 0 Å². The summed E-state index contributed by atoms with van der Waals surface area (Å²) in [4.78, 5) is 4.34. The third kappa shape index (κ3) is 3.24. The Morgan fingerprint density at radius 2 is 2.30 bits per heavy atom. The topological polar surface area (TPSA) is 74.2 Å². The molecule has 5 heteroatoms. The zero-order valence-electron chi connectivity index (χ0n) is 11.2. The maximum absolute atomic E-state index is 5.72. The summed E-state index contributed by atoms with van der Waals surface area (Å²) < 4.78 is 10.7. The van der Waals surface area contributed by atoms with Gasteiger partial charge >= 0.3 is 0 Å². The van der Waals surface area contributed by atoms with Crippen molar-refractivity contribution in [3.63, 3.8) is 0 Å². The average Bonchev–Trinajstić information content (AvgIpc) is 3.09. The van der Waals surface area contributed by atoms with Gasteiger partial charge in [0.1, 0.15) is 0 Å². The first-order chi connectivity index (χ1) is 9.79. The molecule has 1 aromatic carbocycles. The monoisotopic (exact) mass is 271 g/mol. The lowest BCUT2D eigenvalue weighted by atomic mass is 10.2. The molecule has 2 aromatic rings. The van der Waals surface area contributed by atoms with Crippen molar-refractivity contribution in [2.45, 2.75) is 25.4 Å². The maximum atomic E-state index is 5.72. The number of nitrogens with zero attached hydrogens (tertiary/aromatic N) is 2. The van der Waals surface area contributed by atoms with Gasteiger partial charge in [-0.05, 0) is 36.6 Å². The highest BCUT2D eigenvalue weighted by atomic mass is 16.5. The van der Waals surface area contributed by atoms with E-state index < -0.39 is 0 Å². The molecule has 0 bridgehead atoms. The lowest BCUT2D eigenvalue weighted by Crippen LogP contribution is -2.09. The Bertz CT molecular complexity index is 601. The zero-order valence-corrected chi connectivity index (χ0v) is 11.2. The largest absolute Gasteiger partial charge is 0.399 e. The van der Waals surface area contributed by atoms with Gasteiger partial charge in [-0.2, -0.15) is 4.98 Å². The van der Waals surface area contributed by atoms with E-state index in [1.807, 2.05) is 30.3 Å². The van der Waals surface area contributed by atoms with Gasteiger partial charge in [0.25, 0.3) is 5.89 Å². The molecule has 0 aliphatic carbocycles. The fourth-order valence-corrected chi connectivity index (χ4v) is 2.26. The molecule has 1 aromatic heterocycles. The van der Waals surface area contributed by atoms with Gasteiger partial charge in [0.15, 0.2) is 5.82 Å². The lowest BCUT2D eigenvalue weighted by molar-refractivity contribution is 0.109. The lowest BCUT2D eigenvalue weighted by Gasteiger charge is -2.03. The van der Waals surface area contributed by atoms with Crippen molar-refractivity contribution in [1.29, 1.82) is 0 Å². The Morgan fingerprint density at radius 1 is 1.35 bits per heavy atom. The molecule has 104 valence electrons. The van der Waals surface area contributed by atoms with Crippen LogP contribution in [0.1, 0.15) is 30.1 Å². The first-order valence-corrected chi connectivity index (χ1v) is 6.77. The predicted molar refractivity (Wildman–Crippen MR) is 76.8 cm³/mol. The Hall–Kier alpha value is -2.14. The van der Waals surface area contributed by atoms with E-state index in [4.69, 9.17) is 15.0 Å². The summed E-state index contributed by atoms with van der Waals surface area (Å²) in [6.45, 7) is 0.838. The van der Waals surface area contributed by atoms with Crippen molar-refractivity contribution in [2.24, 2.45) is 0 Å². The first-order valence-electron chi connectivity index (χ1n) is 6.77. The summed E-state index contributed by atoms with van der Waals surface area (Å²) in [6, 6.07) is 7.62. The van der Waals surface area contributed by atoms with Crippen LogP contribution >= 0.6 is 0 Å². The van der Waals surface area contributed by atoms with Crippen LogP contribution in [0, 0.1) is 0 Å². The number of nitrogens with two attached hydrogens (primary N) is 1. The molecular weight excluding hydrogens is 254 g/mol. The second-order valence-corrected chi connectivity index (χ2v) is 4.89. The fraction of sp³-hybridized carbons (Fsp3) is 0.333. The molecule has 20 heavy (non-hydrogen) atoms. The number of hydrogen-bond acceptors (Lipinski definition) is 5. The van der Waals surface area contributed by atoms with Gasteiger partial charge < -0.3 is 15.0 Å². The third-order valence-electron chi connectivity index (χ3n) is 3.25. The summed E-state index contributed by atoms with van der Waals surface area (Å²) in [6.07, 6.45) is 6.84. The van der Waals surface area contributed by atoms with Crippen LogP contribution in [0.2, 0.25) is 0 Å². The SMILES string of the molecule is Nc1cccc(/C=C/c2nc(CC3CCCO3)no2)c1. The van der Waals surface area contributed by atoms with Crippen LogP contribution in [-0.2, 0) is 11.2 Å². The van der Waals surface area contributed by atoms with Gasteiger partial charge in [0, 0.05) is 24.8 Å². The molecule has 2 heterocycles. The Labute approximate surface area is 117 Å². The van der Waals surface area contributed by atoms with Crippen LogP contribution in [0.3, 0.4) is 0 Å². The highest BCUT2D eigenvalue weighted by Gasteiger charge is 2.18. The van der Waals surface area contributed by atoms with Crippen molar-refractivity contribution in [3.05, 3.63) is 41.5 Å². The molecule has 1 atom stereocenters. The van der Waals surface area contributed by atoms with Gasteiger partial charge in [-0.3, -0.25) is 0 Å². The molecule has 1 unspecified atom stereocenters. The van der Waals surface area contributed by atoms with E-state index in [1.54, 1.807) is 6.08 Å². The summed E-state index contributed by atoms with van der Waals surface area (Å²) in [5.74, 6) is 1.20. The van der Waals surface area contributed by atoms with Crippen LogP contribution in [-0.4, -0.2) is 22.9 Å². The Morgan fingerprint density at radius 3 is 3.10 bits per heavy atom. The van der Waals surface area contributed by atoms with Gasteiger partial charge in [0.05, 0.1) is 6.10 Å². The van der Waals surface area contributed by atoms with E-state index in [-0.39, 0.29) is 6.10 Å². The quantitative estimate of drug-likeness (QED) is 0.865. The Kier molecular flexibility index (Phi) is 3.78. The zero-order chi connectivity index (χ0) is 13.8. The number of anilines is 1. The van der Waals surface area contributed by atoms with Crippen molar-refractivity contribution in [3.8, 4) is 0 Å². The minimum atomic E-state index is 0.235. The number of hydrogen-bond donors (Lipinski definition) is 1. The van der Waals surface area contributed by atoms with Crippen LogP contribution in [0.5, 0.6) is 0 Å². The second-order valence-electron chi connectivity index (χ2n) is 4.89. The van der Waals surface area contributed by atoms with Crippen molar-refractivity contribution >= 4 is 17.8 Å². The standard InChI is InChI=1S/C15H17N3O2/c16-12-4-1-3-11(9-12)6-7-15-17-14(18-20-15)10-13-5-2-8-19-13/h1,3-4,6-7,9,13H,2,5,8,10,16H2/b7-6+. The molecule has 3 rings (SSSR count). The predicted octanol–water partition coefficient (Wildman–Crippen LogP) is 2.54. The van der Waals surface area contributed by atoms with E-state index in [9.17, 15) is 0 Å². The summed E-state index contributed by atoms with van der Waals surface area (Å²) in [5.41, 5.74) is 7.46. The highest BCUT2D eigenvalue weighted by molar-refractivity contribution is 5.67. The smallest absolute Gasteiger partial charge is 0.250 e. The molecule has 2 N–H and O–H groups in total. The average molecular weight is 271 g/mol. The van der Waals surface area contributed by atoms with E-state index in [0.717, 1.165) is 37.1 Å². The molecule has 1 fully saturated rings. The summed E-state index contributed by atoms with van der Waals surface area (Å²) in [7, 11) is 0. The van der Waals surface area contributed by atoms with Crippen molar-refractivity contribution in [1.82, 2.24) is 10.1 Å². The van der Waals surface area contributed by atoms with Gasteiger partial charge in [-0.15, -0.1) is 0 Å². The minimum Gasteiger partial charge on any atom is -0.399 e. The maximum Gasteiger partial charge on any atom is 0.250 e. The van der Waals surface area contributed by atoms with Crippen LogP contribution in [0.15, 0.2) is 28.8 Å². The normalized spacial score (nSPS) is 18.9. The highest BCUT2D eigenvalue weighted by Crippen LogP contribution is 2.16. The molecule has 1 aliphatic rings. The summed E-state index contributed by atoms with van der Waals surface area (Å²) >= 11 is 0. The van der Waals surface area contributed by atoms with E-state index in [0.29, 0.717) is 11.7 Å². The molecule has 0 saturated carbocycles. The second kappa shape index (κ2) is 5.88. The van der Waals surface area contributed by atoms with E-state index in [2.05, 4.69) is 10.1 Å². The third-order valence-corrected chi connectivity index (χ3v) is 3.25. The number of ether oxygens (including phenoxy) is 1. The molecule has 1 aliphatic heterocycles. The fourth-order valence-electron chi connectivity index (χ4n) is 2.26. The van der Waals surface area contributed by atoms with Gasteiger partial charge in [-0.1, -0.05) is 17.3 Å². The number of benzene rings is 1. The number of nitrogen functional groups attached to an aromatic ring is 1. The molecule has 1 saturated heterocycles. The summed E-state index contributed by atoms with van der Waals surface area (Å²) in [5, 5.41) is 3.97. The van der Waals surface area contributed by atoms with Crippen LogP contribution in [0.4, 0.5) is 5.69 Å².